The van der Waals surface area contributed by atoms with E-state index in [1.54, 1.807) is 13.4 Å². The molecule has 0 unspecified atom stereocenters. The average Bonchev–Trinajstić information content (AvgIpc) is 3.04. The minimum Gasteiger partial charge on any atom is -0.497 e. The summed E-state index contributed by atoms with van der Waals surface area (Å²) in [7, 11) is 1.62. The molecular weight excluding hydrogens is 334 g/mol. The smallest absolute Gasteiger partial charge is 0.225 e. The van der Waals surface area contributed by atoms with Crippen molar-refractivity contribution in [3.05, 3.63) is 59.9 Å². The van der Waals surface area contributed by atoms with E-state index in [9.17, 15) is 4.79 Å². The molecule has 1 atom stereocenters. The number of furan rings is 1. The quantitative estimate of drug-likeness (QED) is 0.758. The van der Waals surface area contributed by atoms with E-state index in [-0.39, 0.29) is 11.9 Å². The van der Waals surface area contributed by atoms with Crippen LogP contribution in [-0.4, -0.2) is 18.8 Å². The third-order valence-electron chi connectivity index (χ3n) is 4.51. The molecule has 1 aromatic heterocycles. The fraction of sp³-hybridized carbons (Fsp3) is 0.250. The highest BCUT2D eigenvalue weighted by atomic mass is 32.2. The lowest BCUT2D eigenvalue weighted by atomic mass is 10.0. The Kier molecular flexibility index (Phi) is 4.40. The number of fused-ring (bicyclic) bond motifs is 2. The van der Waals surface area contributed by atoms with Gasteiger partial charge in [0.05, 0.1) is 25.8 Å². The minimum absolute atomic E-state index is 0.0187. The second-order valence-electron chi connectivity index (χ2n) is 6.09. The lowest BCUT2D eigenvalue weighted by molar-refractivity contribution is -0.121. The molecule has 4 nitrogen and oxygen atoms in total. The van der Waals surface area contributed by atoms with Crippen molar-refractivity contribution in [1.29, 1.82) is 0 Å². The Morgan fingerprint density at radius 2 is 2.20 bits per heavy atom. The zero-order valence-corrected chi connectivity index (χ0v) is 14.8. The van der Waals surface area contributed by atoms with Crippen molar-refractivity contribution in [3.63, 3.8) is 0 Å². The second kappa shape index (κ2) is 6.84. The molecule has 0 saturated carbocycles. The lowest BCUT2D eigenvalue weighted by Crippen LogP contribution is -2.31. The predicted molar refractivity (Wildman–Crippen MR) is 99.1 cm³/mol. The van der Waals surface area contributed by atoms with Gasteiger partial charge in [-0.25, -0.2) is 0 Å². The first-order chi connectivity index (χ1) is 12.2. The molecule has 2 heterocycles. The molecule has 1 aliphatic rings. The van der Waals surface area contributed by atoms with Crippen molar-refractivity contribution in [2.75, 3.05) is 12.9 Å². The Labute approximate surface area is 150 Å². The Morgan fingerprint density at radius 3 is 3.08 bits per heavy atom. The fourth-order valence-corrected chi connectivity index (χ4v) is 4.36. The van der Waals surface area contributed by atoms with Gasteiger partial charge in [-0.1, -0.05) is 18.2 Å². The molecule has 0 radical (unpaired) electrons. The Bertz CT molecular complexity index is 918. The molecule has 1 aliphatic heterocycles. The molecule has 0 spiro atoms. The van der Waals surface area contributed by atoms with Crippen LogP contribution in [0.15, 0.2) is 58.0 Å². The number of ether oxygens (including phenoxy) is 1. The highest BCUT2D eigenvalue weighted by Crippen LogP contribution is 2.36. The Hall–Kier alpha value is -2.40. The van der Waals surface area contributed by atoms with Crippen molar-refractivity contribution in [2.24, 2.45) is 0 Å². The summed E-state index contributed by atoms with van der Waals surface area (Å²) in [4.78, 5) is 13.8. The van der Waals surface area contributed by atoms with Gasteiger partial charge in [-0.15, -0.1) is 11.8 Å². The van der Waals surface area contributed by atoms with Crippen molar-refractivity contribution in [3.8, 4) is 5.75 Å². The maximum atomic E-state index is 12.6. The van der Waals surface area contributed by atoms with Gasteiger partial charge in [0.2, 0.25) is 5.91 Å². The first kappa shape index (κ1) is 16.1. The predicted octanol–water partition coefficient (Wildman–Crippen LogP) is 4.34. The van der Waals surface area contributed by atoms with Crippen LogP contribution in [0, 0.1) is 0 Å². The molecule has 128 valence electrons. The summed E-state index contributed by atoms with van der Waals surface area (Å²) in [6, 6.07) is 14.0. The van der Waals surface area contributed by atoms with Gasteiger partial charge in [-0.2, -0.15) is 0 Å². The van der Waals surface area contributed by atoms with E-state index >= 15 is 0 Å². The van der Waals surface area contributed by atoms with E-state index in [4.69, 9.17) is 9.15 Å². The zero-order valence-electron chi connectivity index (χ0n) is 14.0. The van der Waals surface area contributed by atoms with Crippen LogP contribution in [0.2, 0.25) is 0 Å². The van der Waals surface area contributed by atoms with Crippen LogP contribution in [0.4, 0.5) is 0 Å². The van der Waals surface area contributed by atoms with Crippen LogP contribution in [-0.2, 0) is 11.2 Å². The number of thioether (sulfide) groups is 1. The summed E-state index contributed by atoms with van der Waals surface area (Å²) in [6.07, 6.45) is 2.93. The normalized spacial score (nSPS) is 16.4. The van der Waals surface area contributed by atoms with Crippen LogP contribution < -0.4 is 10.1 Å². The largest absolute Gasteiger partial charge is 0.497 e. The summed E-state index contributed by atoms with van der Waals surface area (Å²) in [5.74, 6) is 1.79. The maximum Gasteiger partial charge on any atom is 0.225 e. The van der Waals surface area contributed by atoms with Crippen LogP contribution in [0.5, 0.6) is 5.75 Å². The van der Waals surface area contributed by atoms with Crippen molar-refractivity contribution >= 4 is 28.6 Å². The molecule has 5 heteroatoms. The average molecular weight is 353 g/mol. The molecule has 0 bridgehead atoms. The van der Waals surface area contributed by atoms with E-state index in [0.29, 0.717) is 6.42 Å². The third-order valence-corrected chi connectivity index (χ3v) is 5.63. The summed E-state index contributed by atoms with van der Waals surface area (Å²) < 4.78 is 10.8. The zero-order chi connectivity index (χ0) is 17.2. The molecule has 1 N–H and O–H groups in total. The van der Waals surface area contributed by atoms with Gasteiger partial charge in [0, 0.05) is 27.7 Å². The number of carbonyl (C=O) groups is 1. The van der Waals surface area contributed by atoms with E-state index in [1.165, 1.54) is 10.5 Å². The summed E-state index contributed by atoms with van der Waals surface area (Å²) in [6.45, 7) is 0. The van der Waals surface area contributed by atoms with E-state index in [1.807, 2.05) is 42.1 Å². The lowest BCUT2D eigenvalue weighted by Gasteiger charge is -2.25. The SMILES string of the molecule is COc1ccc2c(CC(=O)N[C@H]3CCSc4ccccc43)coc2c1. The molecule has 0 fully saturated rings. The molecule has 4 rings (SSSR count). The summed E-state index contributed by atoms with van der Waals surface area (Å²) in [5.41, 5.74) is 2.85. The topological polar surface area (TPSA) is 51.5 Å². The molecule has 0 saturated heterocycles. The number of amides is 1. The number of nitrogens with one attached hydrogen (secondary N) is 1. The monoisotopic (exact) mass is 353 g/mol. The number of hydrogen-bond donors (Lipinski definition) is 1. The Balaban J connectivity index is 1.50. The maximum absolute atomic E-state index is 12.6. The van der Waals surface area contributed by atoms with Crippen LogP contribution >= 0.6 is 11.8 Å². The fourth-order valence-electron chi connectivity index (χ4n) is 3.24. The molecule has 25 heavy (non-hydrogen) atoms. The molecule has 0 aliphatic carbocycles. The highest BCUT2D eigenvalue weighted by molar-refractivity contribution is 7.99. The van der Waals surface area contributed by atoms with Crippen molar-refractivity contribution in [2.45, 2.75) is 23.8 Å². The number of benzene rings is 2. The van der Waals surface area contributed by atoms with Crippen LogP contribution in [0.3, 0.4) is 0 Å². The van der Waals surface area contributed by atoms with Gasteiger partial charge in [0.1, 0.15) is 11.3 Å². The number of methoxy groups -OCH3 is 1. The van der Waals surface area contributed by atoms with Gasteiger partial charge in [0.15, 0.2) is 0 Å². The Morgan fingerprint density at radius 1 is 1.32 bits per heavy atom. The van der Waals surface area contributed by atoms with Gasteiger partial charge in [-0.3, -0.25) is 4.79 Å². The first-order valence-electron chi connectivity index (χ1n) is 8.30. The van der Waals surface area contributed by atoms with E-state index in [2.05, 4.69) is 17.4 Å². The van der Waals surface area contributed by atoms with Crippen LogP contribution in [0.1, 0.15) is 23.6 Å². The molecule has 1 amide bonds. The standard InChI is InChI=1S/C20H19NO3S/c1-23-14-6-7-15-13(12-24-18(15)11-14)10-20(22)21-17-8-9-25-19-5-3-2-4-16(17)19/h2-7,11-12,17H,8-10H2,1H3,(H,21,22)/t17-/m0/s1. The second-order valence-corrected chi connectivity index (χ2v) is 7.23. The number of carbonyl (C=O) groups excluding carboxylic acids is 1. The van der Waals surface area contributed by atoms with E-state index in [0.717, 1.165) is 34.5 Å². The molecule has 2 aromatic carbocycles. The van der Waals surface area contributed by atoms with Gasteiger partial charge >= 0.3 is 0 Å². The van der Waals surface area contributed by atoms with Crippen molar-refractivity contribution in [1.82, 2.24) is 5.32 Å². The molecule has 3 aromatic rings. The van der Waals surface area contributed by atoms with Gasteiger partial charge in [-0.05, 0) is 30.2 Å². The van der Waals surface area contributed by atoms with Gasteiger partial charge in [0.25, 0.3) is 0 Å². The van der Waals surface area contributed by atoms with Crippen molar-refractivity contribution < 1.29 is 13.9 Å². The van der Waals surface area contributed by atoms with Gasteiger partial charge < -0.3 is 14.5 Å². The van der Waals surface area contributed by atoms with Crippen LogP contribution in [0.25, 0.3) is 11.0 Å². The number of hydrogen-bond acceptors (Lipinski definition) is 4. The summed E-state index contributed by atoms with van der Waals surface area (Å²) >= 11 is 1.85. The summed E-state index contributed by atoms with van der Waals surface area (Å²) in [5, 5.41) is 4.14. The number of rotatable bonds is 4. The third kappa shape index (κ3) is 3.24. The van der Waals surface area contributed by atoms with E-state index < -0.39 is 0 Å². The minimum atomic E-state index is 0.0187. The first-order valence-corrected chi connectivity index (χ1v) is 9.28. The highest BCUT2D eigenvalue weighted by Gasteiger charge is 2.22. The molecular formula is C20H19NO3S.